The third kappa shape index (κ3) is 67.5. The van der Waals surface area contributed by atoms with Crippen LogP contribution in [0.5, 0.6) is 5.75 Å². The quantitative estimate of drug-likeness (QED) is 0.0668. The fraction of sp³-hybridized carbons (Fsp3) is 0.897. The van der Waals surface area contributed by atoms with Crippen molar-refractivity contribution in [1.82, 2.24) is 0 Å². The lowest BCUT2D eigenvalue weighted by Crippen LogP contribution is -2.16. The van der Waals surface area contributed by atoms with Gasteiger partial charge in [0.1, 0.15) is 12.4 Å². The second-order valence-electron chi connectivity index (χ2n) is 18.3. The summed E-state index contributed by atoms with van der Waals surface area (Å²) in [7, 11) is -3.94. The first-order valence-electron chi connectivity index (χ1n) is 30.2. The van der Waals surface area contributed by atoms with E-state index in [1.54, 1.807) is 0 Å². The Morgan fingerprint density at radius 2 is 0.470 bits per heavy atom. The Labute approximate surface area is 497 Å². The molecular weight excluding hydrogens is 1110 g/mol. The number of ether oxygens (including phenoxy) is 21. The minimum absolute atomic E-state index is 0.240. The van der Waals surface area contributed by atoms with Crippen molar-refractivity contribution < 1.29 is 112 Å². The Morgan fingerprint density at radius 1 is 0.265 bits per heavy atom. The number of benzene rings is 1. The average Bonchev–Trinajstić information content (AvgIpc) is 3.50. The summed E-state index contributed by atoms with van der Waals surface area (Å²) < 4.78 is 146. The zero-order chi connectivity index (χ0) is 59.4. The van der Waals surface area contributed by atoms with Crippen LogP contribution in [0.2, 0.25) is 0 Å². The van der Waals surface area contributed by atoms with Gasteiger partial charge in [-0.05, 0) is 37.0 Å². The zero-order valence-electron chi connectivity index (χ0n) is 50.6. The minimum atomic E-state index is -3.94. The van der Waals surface area contributed by atoms with Crippen LogP contribution < -0.4 is 4.74 Å². The minimum Gasteiger partial charge on any atom is -0.491 e. The summed E-state index contributed by atoms with van der Waals surface area (Å²) in [4.78, 5) is 0. The topological polar surface area (TPSA) is 248 Å². The Kier molecular flexibility index (Phi) is 64.5. The highest BCUT2D eigenvalue weighted by molar-refractivity contribution is 7.85. The summed E-state index contributed by atoms with van der Waals surface area (Å²) in [5.41, 5.74) is 1.37. The first-order chi connectivity index (χ1) is 41.0. The lowest BCUT2D eigenvalue weighted by atomic mass is 10.0. The molecule has 0 heterocycles. The smallest absolute Gasteiger partial charge is 0.264 e. The van der Waals surface area contributed by atoms with E-state index < -0.39 is 10.1 Å². The second kappa shape index (κ2) is 67.6. The molecule has 0 bridgehead atoms. The van der Waals surface area contributed by atoms with E-state index in [9.17, 15) is 8.42 Å². The van der Waals surface area contributed by atoms with E-state index in [-0.39, 0.29) is 18.8 Å². The van der Waals surface area contributed by atoms with Gasteiger partial charge in [0.25, 0.3) is 10.1 Å². The van der Waals surface area contributed by atoms with Crippen LogP contribution in [0, 0.1) is 0 Å². The number of hydrogen-bond donors (Lipinski definition) is 1. The normalized spacial score (nSPS) is 11.9. The van der Waals surface area contributed by atoms with E-state index in [2.05, 4.69) is 31.2 Å². The Bertz CT molecular complexity index is 1490. The van der Waals surface area contributed by atoms with Crippen molar-refractivity contribution in [1.29, 1.82) is 0 Å². The summed E-state index contributed by atoms with van der Waals surface area (Å²) in [6.45, 7) is 21.5. The molecule has 1 aromatic carbocycles. The molecule has 1 rings (SSSR count). The molecule has 0 aliphatic carbocycles. The molecule has 1 N–H and O–H groups in total. The largest absolute Gasteiger partial charge is 0.491 e. The first-order valence-corrected chi connectivity index (χ1v) is 31.8. The number of unbranched alkanes of at least 4 members (excludes halogenated alkanes) is 6. The highest BCUT2D eigenvalue weighted by Crippen LogP contribution is 2.15. The van der Waals surface area contributed by atoms with Gasteiger partial charge in [-0.1, -0.05) is 57.6 Å². The highest BCUT2D eigenvalue weighted by atomic mass is 32.2. The van der Waals surface area contributed by atoms with Crippen molar-refractivity contribution in [3.8, 4) is 5.75 Å². The van der Waals surface area contributed by atoms with Gasteiger partial charge in [0.2, 0.25) is 0 Å². The molecule has 24 nitrogen and oxygen atoms in total. The zero-order valence-corrected chi connectivity index (χ0v) is 51.4. The molecule has 83 heavy (non-hydrogen) atoms. The first kappa shape index (κ1) is 79.1. The maximum absolute atomic E-state index is 10.6. The fourth-order valence-electron chi connectivity index (χ4n) is 6.88. The van der Waals surface area contributed by atoms with Gasteiger partial charge in [-0.25, -0.2) is 0 Å². The molecule has 0 amide bonds. The van der Waals surface area contributed by atoms with Crippen molar-refractivity contribution >= 4 is 10.1 Å². The van der Waals surface area contributed by atoms with Crippen LogP contribution in [0.15, 0.2) is 24.3 Å². The van der Waals surface area contributed by atoms with Crippen LogP contribution in [0.25, 0.3) is 0 Å². The molecule has 492 valence electrons. The van der Waals surface area contributed by atoms with Crippen LogP contribution in [0.3, 0.4) is 0 Å². The van der Waals surface area contributed by atoms with Gasteiger partial charge in [0.15, 0.2) is 0 Å². The summed E-state index contributed by atoms with van der Waals surface area (Å²) in [5.74, 6) is 0.569. The summed E-state index contributed by atoms with van der Waals surface area (Å²) in [6, 6.07) is 8.44. The van der Waals surface area contributed by atoms with Gasteiger partial charge in [0.05, 0.1) is 263 Å². The van der Waals surface area contributed by atoms with Crippen LogP contribution >= 0.6 is 0 Å². The molecule has 0 unspecified atom stereocenters. The number of rotatable bonds is 73. The molecule has 0 saturated carbocycles. The van der Waals surface area contributed by atoms with Crippen LogP contribution in [-0.2, 0) is 111 Å². The lowest BCUT2D eigenvalue weighted by molar-refractivity contribution is -0.0314. The molecule has 0 spiro atoms. The molecule has 0 saturated heterocycles. The molecule has 0 aromatic heterocycles. The van der Waals surface area contributed by atoms with Gasteiger partial charge in [-0.15, -0.1) is 0 Å². The van der Waals surface area contributed by atoms with Crippen LogP contribution in [0.1, 0.15) is 63.9 Å². The molecule has 1 aromatic rings. The SMILES string of the molecule is CCCCCCCCCc1ccc(OCCOCCOCCOCCOCCOCCOCCOCCOCCOCCOCCOCCOCCOCCOCCOCCOCCOCCOCCOCCOCCCS(=O)(=O)O)cc1. The Hall–Kier alpha value is -1.87. The molecule has 25 heteroatoms. The Balaban J connectivity index is 1.62. The maximum atomic E-state index is 10.6. The van der Waals surface area contributed by atoms with Gasteiger partial charge in [-0.2, -0.15) is 8.42 Å². The molecular formula is C58H110O24S. The third-order valence-electron chi connectivity index (χ3n) is 11.2. The second-order valence-corrected chi connectivity index (χ2v) is 19.8. The van der Waals surface area contributed by atoms with E-state index in [0.29, 0.717) is 264 Å². The van der Waals surface area contributed by atoms with E-state index in [4.69, 9.17) is 104 Å². The summed E-state index contributed by atoms with van der Waals surface area (Å²) in [6.07, 6.45) is 10.7. The van der Waals surface area contributed by atoms with Gasteiger partial charge in [0, 0.05) is 6.61 Å². The monoisotopic (exact) mass is 1220 g/mol. The summed E-state index contributed by atoms with van der Waals surface area (Å²) >= 11 is 0. The van der Waals surface area contributed by atoms with E-state index in [1.807, 2.05) is 0 Å². The van der Waals surface area contributed by atoms with Crippen LogP contribution in [-0.4, -0.2) is 290 Å². The van der Waals surface area contributed by atoms with Gasteiger partial charge < -0.3 is 99.5 Å². The predicted octanol–water partition coefficient (Wildman–Crippen LogP) is 4.97. The predicted molar refractivity (Wildman–Crippen MR) is 311 cm³/mol. The van der Waals surface area contributed by atoms with Gasteiger partial charge in [-0.3, -0.25) is 4.55 Å². The molecule has 0 fully saturated rings. The van der Waals surface area contributed by atoms with Crippen LogP contribution in [0.4, 0.5) is 0 Å². The van der Waals surface area contributed by atoms with Crippen molar-refractivity contribution in [2.24, 2.45) is 0 Å². The highest BCUT2D eigenvalue weighted by Gasteiger charge is 2.04. The Morgan fingerprint density at radius 3 is 0.699 bits per heavy atom. The molecule has 0 radical (unpaired) electrons. The van der Waals surface area contributed by atoms with E-state index >= 15 is 0 Å². The average molecular weight is 1220 g/mol. The van der Waals surface area contributed by atoms with Crippen molar-refractivity contribution in [3.05, 3.63) is 29.8 Å². The maximum Gasteiger partial charge on any atom is 0.264 e. The van der Waals surface area contributed by atoms with Crippen molar-refractivity contribution in [3.63, 3.8) is 0 Å². The molecule has 0 aliphatic heterocycles. The van der Waals surface area contributed by atoms with Gasteiger partial charge >= 0.3 is 0 Å². The number of hydrogen-bond acceptors (Lipinski definition) is 23. The molecule has 0 aliphatic rings. The van der Waals surface area contributed by atoms with Crippen molar-refractivity contribution in [2.45, 2.75) is 64.7 Å². The third-order valence-corrected chi connectivity index (χ3v) is 12.1. The van der Waals surface area contributed by atoms with E-state index in [1.165, 1.54) is 50.5 Å². The molecule has 0 atom stereocenters. The van der Waals surface area contributed by atoms with E-state index in [0.717, 1.165) is 12.2 Å². The lowest BCUT2D eigenvalue weighted by Gasteiger charge is -2.09. The fourth-order valence-corrected chi connectivity index (χ4v) is 7.36. The summed E-state index contributed by atoms with van der Waals surface area (Å²) in [5, 5.41) is 0. The van der Waals surface area contributed by atoms with Crippen molar-refractivity contribution in [2.75, 3.05) is 277 Å². The standard InChI is InChI=1S/C58H110O24S/c1-2-3-4-5-6-7-8-10-57-11-13-58(14-12-57)82-55-54-81-53-52-80-51-50-79-49-48-78-47-46-77-45-44-76-43-42-75-41-40-74-39-38-73-37-36-72-35-34-71-33-32-70-31-30-69-29-28-68-27-26-67-25-24-66-23-22-65-21-20-64-19-18-63-17-16-62-15-9-56-83(59,60)61/h11-14H,2-10,15-56H2,1H3,(H,59,60,61). The number of aryl methyl sites for hydroxylation is 1.